The first-order chi connectivity index (χ1) is 10.2. The normalized spacial score (nSPS) is 14.4. The highest BCUT2D eigenvalue weighted by molar-refractivity contribution is 5.55. The largest absolute Gasteiger partial charge is 0.398 e. The van der Waals surface area contributed by atoms with Gasteiger partial charge in [0.2, 0.25) is 5.95 Å². The maximum Gasteiger partial charge on any atom is 0.246 e. The van der Waals surface area contributed by atoms with E-state index < -0.39 is 0 Å². The number of benzene rings is 1. The fraction of sp³-hybridized carbons (Fsp3) is 0.250. The van der Waals surface area contributed by atoms with Crippen LogP contribution in [0.1, 0.15) is 16.8 Å². The number of hydrogen-bond donors (Lipinski definition) is 1. The SMILES string of the molecule is Cc1cccc2nc(N3CCc4cccc(N)c4C3)nn12. The lowest BCUT2D eigenvalue weighted by atomic mass is 9.98. The molecule has 0 saturated carbocycles. The van der Waals surface area contributed by atoms with Gasteiger partial charge in [0.05, 0.1) is 0 Å². The van der Waals surface area contributed by atoms with E-state index in [1.165, 1.54) is 11.1 Å². The molecule has 1 aliphatic rings. The maximum atomic E-state index is 6.11. The van der Waals surface area contributed by atoms with Crippen LogP contribution in [0.5, 0.6) is 0 Å². The molecule has 0 fully saturated rings. The van der Waals surface area contributed by atoms with Crippen molar-refractivity contribution in [1.29, 1.82) is 0 Å². The molecule has 4 rings (SSSR count). The van der Waals surface area contributed by atoms with Gasteiger partial charge in [-0.25, -0.2) is 4.52 Å². The first-order valence-electron chi connectivity index (χ1n) is 7.16. The molecule has 0 aliphatic carbocycles. The number of fused-ring (bicyclic) bond motifs is 2. The summed E-state index contributed by atoms with van der Waals surface area (Å²) in [5.74, 6) is 0.776. The molecule has 1 aliphatic heterocycles. The summed E-state index contributed by atoms with van der Waals surface area (Å²) in [6.07, 6.45) is 0.981. The zero-order valence-electron chi connectivity index (χ0n) is 12.0. The minimum absolute atomic E-state index is 0.776. The summed E-state index contributed by atoms with van der Waals surface area (Å²) in [6.45, 7) is 3.74. The van der Waals surface area contributed by atoms with E-state index in [9.17, 15) is 0 Å². The molecule has 2 aromatic heterocycles. The van der Waals surface area contributed by atoms with Gasteiger partial charge in [-0.1, -0.05) is 18.2 Å². The molecule has 0 spiro atoms. The highest BCUT2D eigenvalue weighted by Gasteiger charge is 2.21. The molecule has 0 bridgehead atoms. The summed E-state index contributed by atoms with van der Waals surface area (Å²) in [5.41, 5.74) is 11.5. The van der Waals surface area contributed by atoms with Crippen molar-refractivity contribution in [3.63, 3.8) is 0 Å². The Hall–Kier alpha value is -2.56. The minimum Gasteiger partial charge on any atom is -0.398 e. The van der Waals surface area contributed by atoms with E-state index >= 15 is 0 Å². The van der Waals surface area contributed by atoms with Gasteiger partial charge in [-0.3, -0.25) is 0 Å². The molecule has 0 unspecified atom stereocenters. The van der Waals surface area contributed by atoms with Gasteiger partial charge in [-0.15, -0.1) is 5.10 Å². The van der Waals surface area contributed by atoms with Crippen LogP contribution in [0.4, 0.5) is 11.6 Å². The Balaban J connectivity index is 1.74. The second-order valence-electron chi connectivity index (χ2n) is 5.51. The molecule has 106 valence electrons. The Bertz CT molecular complexity index is 821. The Morgan fingerprint density at radius 2 is 2.00 bits per heavy atom. The molecule has 21 heavy (non-hydrogen) atoms. The topological polar surface area (TPSA) is 59.5 Å². The van der Waals surface area contributed by atoms with Gasteiger partial charge in [0.25, 0.3) is 0 Å². The quantitative estimate of drug-likeness (QED) is 0.694. The van der Waals surface area contributed by atoms with Crippen molar-refractivity contribution in [1.82, 2.24) is 14.6 Å². The summed E-state index contributed by atoms with van der Waals surface area (Å²) in [7, 11) is 0. The van der Waals surface area contributed by atoms with Crippen LogP contribution >= 0.6 is 0 Å². The minimum atomic E-state index is 0.776. The number of pyridine rings is 1. The van der Waals surface area contributed by atoms with Crippen LogP contribution in [0, 0.1) is 6.92 Å². The molecule has 5 nitrogen and oxygen atoms in total. The van der Waals surface area contributed by atoms with Gasteiger partial charge in [0, 0.05) is 24.5 Å². The highest BCUT2D eigenvalue weighted by Crippen LogP contribution is 2.26. The second-order valence-corrected chi connectivity index (χ2v) is 5.51. The van der Waals surface area contributed by atoms with Crippen molar-refractivity contribution < 1.29 is 0 Å². The average Bonchev–Trinajstić information content (AvgIpc) is 2.93. The van der Waals surface area contributed by atoms with E-state index in [2.05, 4.69) is 21.0 Å². The van der Waals surface area contributed by atoms with Gasteiger partial charge >= 0.3 is 0 Å². The van der Waals surface area contributed by atoms with Gasteiger partial charge < -0.3 is 10.6 Å². The first-order valence-corrected chi connectivity index (χ1v) is 7.16. The van der Waals surface area contributed by atoms with Gasteiger partial charge in [0.1, 0.15) is 0 Å². The van der Waals surface area contributed by atoms with E-state index in [-0.39, 0.29) is 0 Å². The third kappa shape index (κ3) is 1.93. The molecule has 0 saturated heterocycles. The molecule has 2 N–H and O–H groups in total. The van der Waals surface area contributed by atoms with Crippen molar-refractivity contribution in [3.8, 4) is 0 Å². The lowest BCUT2D eigenvalue weighted by molar-refractivity contribution is 0.706. The monoisotopic (exact) mass is 279 g/mol. The molecule has 3 aromatic rings. The summed E-state index contributed by atoms with van der Waals surface area (Å²) in [4.78, 5) is 6.84. The smallest absolute Gasteiger partial charge is 0.246 e. The summed E-state index contributed by atoms with van der Waals surface area (Å²) >= 11 is 0. The number of aryl methyl sites for hydroxylation is 1. The Kier molecular flexibility index (Phi) is 2.60. The number of rotatable bonds is 1. The van der Waals surface area contributed by atoms with Crippen LogP contribution in [0.2, 0.25) is 0 Å². The maximum absolute atomic E-state index is 6.11. The van der Waals surface area contributed by atoms with Crippen LogP contribution in [-0.2, 0) is 13.0 Å². The van der Waals surface area contributed by atoms with Gasteiger partial charge in [-0.2, -0.15) is 4.98 Å². The molecule has 0 radical (unpaired) electrons. The lowest BCUT2D eigenvalue weighted by Gasteiger charge is -2.28. The molecule has 1 aromatic carbocycles. The molecular formula is C16H17N5. The fourth-order valence-electron chi connectivity index (χ4n) is 2.94. The fourth-order valence-corrected chi connectivity index (χ4v) is 2.94. The third-order valence-electron chi connectivity index (χ3n) is 4.13. The zero-order valence-corrected chi connectivity index (χ0v) is 12.0. The van der Waals surface area contributed by atoms with Gasteiger partial charge in [-0.05, 0) is 42.7 Å². The van der Waals surface area contributed by atoms with E-state index in [1.807, 2.05) is 41.8 Å². The second kappa shape index (κ2) is 4.48. The van der Waals surface area contributed by atoms with Crippen LogP contribution in [-0.4, -0.2) is 21.1 Å². The van der Waals surface area contributed by atoms with E-state index in [0.29, 0.717) is 0 Å². The van der Waals surface area contributed by atoms with E-state index in [0.717, 1.165) is 42.5 Å². The predicted octanol–water partition coefficient (Wildman–Crippen LogP) is 2.18. The molecule has 0 amide bonds. The first kappa shape index (κ1) is 12.2. The van der Waals surface area contributed by atoms with Crippen LogP contribution in [0.3, 0.4) is 0 Å². The molecule has 0 atom stereocenters. The number of anilines is 2. The number of nitrogens with two attached hydrogens (primary N) is 1. The number of nitrogen functional groups attached to an aromatic ring is 1. The Morgan fingerprint density at radius 1 is 1.14 bits per heavy atom. The van der Waals surface area contributed by atoms with Crippen molar-refractivity contribution in [2.45, 2.75) is 19.9 Å². The van der Waals surface area contributed by atoms with Crippen molar-refractivity contribution in [2.24, 2.45) is 0 Å². The number of hydrogen-bond acceptors (Lipinski definition) is 4. The lowest BCUT2D eigenvalue weighted by Crippen LogP contribution is -2.31. The van der Waals surface area contributed by atoms with E-state index in [1.54, 1.807) is 0 Å². The van der Waals surface area contributed by atoms with Crippen molar-refractivity contribution >= 4 is 17.3 Å². The molecule has 5 heteroatoms. The number of nitrogens with zero attached hydrogens (tertiary/aromatic N) is 4. The summed E-state index contributed by atoms with van der Waals surface area (Å²) in [6, 6.07) is 12.2. The van der Waals surface area contributed by atoms with Crippen LogP contribution in [0.25, 0.3) is 5.65 Å². The predicted molar refractivity (Wildman–Crippen MR) is 83.3 cm³/mol. The zero-order chi connectivity index (χ0) is 14.4. The van der Waals surface area contributed by atoms with Crippen molar-refractivity contribution in [3.05, 3.63) is 53.2 Å². The van der Waals surface area contributed by atoms with Crippen molar-refractivity contribution in [2.75, 3.05) is 17.2 Å². The Labute approximate surface area is 123 Å². The third-order valence-corrected chi connectivity index (χ3v) is 4.13. The van der Waals surface area contributed by atoms with E-state index in [4.69, 9.17) is 5.73 Å². The highest BCUT2D eigenvalue weighted by atomic mass is 15.4. The average molecular weight is 279 g/mol. The van der Waals surface area contributed by atoms with Crippen LogP contribution < -0.4 is 10.6 Å². The molecule has 3 heterocycles. The molecular weight excluding hydrogens is 262 g/mol. The Morgan fingerprint density at radius 3 is 2.86 bits per heavy atom. The van der Waals surface area contributed by atoms with Crippen LogP contribution in [0.15, 0.2) is 36.4 Å². The summed E-state index contributed by atoms with van der Waals surface area (Å²) in [5, 5.41) is 4.63. The number of aromatic nitrogens is 3. The van der Waals surface area contributed by atoms with Gasteiger partial charge in [0.15, 0.2) is 5.65 Å². The standard InChI is InChI=1S/C16H17N5/c1-11-4-2-7-15-18-16(19-21(11)15)20-9-8-12-5-3-6-14(17)13(12)10-20/h2-7H,8-10,17H2,1H3. The summed E-state index contributed by atoms with van der Waals surface area (Å²) < 4.78 is 1.89.